The molecule has 0 fully saturated rings. The summed E-state index contributed by atoms with van der Waals surface area (Å²) in [5.74, 6) is -0.310. The van der Waals surface area contributed by atoms with Crippen LogP contribution in [0.5, 0.6) is 11.5 Å². The van der Waals surface area contributed by atoms with Crippen LogP contribution in [0, 0.1) is 5.53 Å². The molecule has 6 rings (SSSR count). The third-order valence-electron chi connectivity index (χ3n) is 6.92. The molecule has 0 aliphatic carbocycles. The zero-order chi connectivity index (χ0) is 38.7. The molecule has 2 aromatic heterocycles. The standard InChI is InChI=1S/C17H12F3N6O2.C17H11F3N4O2/c18-17(19,20)28-14-7-5-13(6-8-14)26-10-22-16(24-26)12-3-1-11(2-4-12)9-15(27)23-25-21;18-17(19,20)26-15-7-5-14(6-8-15)24-10-22-16(23-24)13-3-1-12(2-4-13)9-21-11-25/h1-8,10,21H,9H2;1-8,10H,9H2/q+1;. The van der Waals surface area contributed by atoms with Gasteiger partial charge in [-0.05, 0) is 59.7 Å². The van der Waals surface area contributed by atoms with Crippen LogP contribution in [0.3, 0.4) is 0 Å². The Bertz CT molecular complexity index is 2280. The quantitative estimate of drug-likeness (QED) is 0.0506. The van der Waals surface area contributed by atoms with E-state index >= 15 is 0 Å². The van der Waals surface area contributed by atoms with Crippen molar-refractivity contribution in [2.75, 3.05) is 0 Å². The first-order chi connectivity index (χ1) is 25.8. The summed E-state index contributed by atoms with van der Waals surface area (Å²) in [5, 5.41) is 11.7. The van der Waals surface area contributed by atoms with E-state index in [1.54, 1.807) is 48.5 Å². The van der Waals surface area contributed by atoms with Crippen LogP contribution >= 0.6 is 0 Å². The molecule has 4 aromatic carbocycles. The molecule has 2 heterocycles. The van der Waals surface area contributed by atoms with E-state index in [0.717, 1.165) is 11.1 Å². The third-order valence-corrected chi connectivity index (χ3v) is 6.92. The van der Waals surface area contributed by atoms with E-state index in [0.29, 0.717) is 34.2 Å². The Kier molecular flexibility index (Phi) is 11.8. The number of hydrogen-bond donors (Lipinski definition) is 1. The number of aromatic nitrogens is 6. The van der Waals surface area contributed by atoms with Crippen molar-refractivity contribution in [3.8, 4) is 45.6 Å². The molecular weight excluding hydrogens is 726 g/mol. The lowest BCUT2D eigenvalue weighted by molar-refractivity contribution is -0.275. The normalized spacial score (nSPS) is 11.0. The monoisotopic (exact) mass is 749 g/mol. The van der Waals surface area contributed by atoms with Crippen molar-refractivity contribution in [1.82, 2.24) is 34.4 Å². The zero-order valence-electron chi connectivity index (χ0n) is 27.2. The minimum Gasteiger partial charge on any atom is -0.406 e. The SMILES string of the molecule is N=[N+]=NC(=O)Cc1ccc(-c2ncn(-c3ccc(OC(F)(F)F)cc3)n2)cc1.O=C=NCc1ccc(-c2ncn(-c3ccc(OC(F)(F)F)cc3)n2)cc1. The summed E-state index contributed by atoms with van der Waals surface area (Å²) in [6.45, 7) is 0.248. The van der Waals surface area contributed by atoms with Gasteiger partial charge >= 0.3 is 18.6 Å². The van der Waals surface area contributed by atoms with Crippen molar-refractivity contribution >= 4 is 12.0 Å². The molecular formula is C34H23F6N10O4+. The Morgan fingerprint density at radius 1 is 0.685 bits per heavy atom. The smallest absolute Gasteiger partial charge is 0.406 e. The predicted octanol–water partition coefficient (Wildman–Crippen LogP) is 7.12. The van der Waals surface area contributed by atoms with Crippen molar-refractivity contribution in [3.63, 3.8) is 0 Å². The number of carbonyl (C=O) groups excluding carboxylic acids is 2. The summed E-state index contributed by atoms with van der Waals surface area (Å²) in [6, 6.07) is 24.5. The van der Waals surface area contributed by atoms with Crippen molar-refractivity contribution in [2.45, 2.75) is 25.7 Å². The first kappa shape index (κ1) is 37.9. The predicted molar refractivity (Wildman–Crippen MR) is 175 cm³/mol. The Hall–Kier alpha value is -7.30. The van der Waals surface area contributed by atoms with Crippen molar-refractivity contribution < 1.29 is 45.4 Å². The maximum absolute atomic E-state index is 12.2. The van der Waals surface area contributed by atoms with Gasteiger partial charge in [0, 0.05) is 11.1 Å². The molecule has 0 aliphatic heterocycles. The minimum absolute atomic E-state index is 0.0247. The lowest BCUT2D eigenvalue weighted by Crippen LogP contribution is -2.17. The van der Waals surface area contributed by atoms with Gasteiger partial charge in [0.1, 0.15) is 29.7 Å². The van der Waals surface area contributed by atoms with Gasteiger partial charge in [-0.2, -0.15) is 0 Å². The van der Waals surface area contributed by atoms with Crippen molar-refractivity contribution in [1.29, 1.82) is 5.53 Å². The lowest BCUT2D eigenvalue weighted by Gasteiger charge is -2.09. The number of benzene rings is 4. The van der Waals surface area contributed by atoms with Crippen LogP contribution in [0.4, 0.5) is 26.3 Å². The summed E-state index contributed by atoms with van der Waals surface area (Å²) in [6.07, 6.45) is -5.09. The Balaban J connectivity index is 0.000000208. The van der Waals surface area contributed by atoms with Gasteiger partial charge in [0.25, 0.3) is 0 Å². The Labute approximate surface area is 299 Å². The van der Waals surface area contributed by atoms with Gasteiger partial charge in [-0.3, -0.25) is 4.79 Å². The Morgan fingerprint density at radius 3 is 1.50 bits per heavy atom. The van der Waals surface area contributed by atoms with Gasteiger partial charge in [-0.1, -0.05) is 48.5 Å². The highest BCUT2D eigenvalue weighted by Gasteiger charge is 2.31. The van der Waals surface area contributed by atoms with E-state index in [9.17, 15) is 35.9 Å². The molecule has 54 heavy (non-hydrogen) atoms. The van der Waals surface area contributed by atoms with Crippen LogP contribution in [-0.2, 0) is 22.6 Å². The summed E-state index contributed by atoms with van der Waals surface area (Å²) >= 11 is 0. The highest BCUT2D eigenvalue weighted by Crippen LogP contribution is 2.26. The molecule has 0 radical (unpaired) electrons. The number of carbonyl (C=O) groups is 1. The van der Waals surface area contributed by atoms with E-state index < -0.39 is 18.6 Å². The largest absolute Gasteiger partial charge is 0.573 e. The summed E-state index contributed by atoms with van der Waals surface area (Å²) in [5.41, 5.74) is 10.6. The average molecular weight is 750 g/mol. The number of nitrogens with zero attached hydrogens (tertiary/aromatic N) is 9. The molecule has 0 bridgehead atoms. The molecule has 1 amide bonds. The number of amides is 1. The van der Waals surface area contributed by atoms with Crippen molar-refractivity contribution in [3.05, 3.63) is 121 Å². The average Bonchev–Trinajstić information content (AvgIpc) is 3.83. The van der Waals surface area contributed by atoms with Crippen LogP contribution in [0.25, 0.3) is 34.2 Å². The van der Waals surface area contributed by atoms with E-state index in [2.05, 4.69) is 44.7 Å². The van der Waals surface area contributed by atoms with Crippen LogP contribution in [-0.4, -0.2) is 54.2 Å². The molecule has 0 spiro atoms. The van der Waals surface area contributed by atoms with E-state index in [1.807, 2.05) is 0 Å². The second-order valence-electron chi connectivity index (χ2n) is 10.7. The number of isocyanates is 1. The summed E-state index contributed by atoms with van der Waals surface area (Å²) in [4.78, 5) is 36.0. The maximum Gasteiger partial charge on any atom is 0.573 e. The number of alkyl halides is 6. The fourth-order valence-corrected chi connectivity index (χ4v) is 4.56. The number of rotatable bonds is 10. The fraction of sp³-hybridized carbons (Fsp3) is 0.118. The van der Waals surface area contributed by atoms with Crippen LogP contribution in [0.1, 0.15) is 11.1 Å². The summed E-state index contributed by atoms with van der Waals surface area (Å²) < 4.78 is 83.7. The van der Waals surface area contributed by atoms with Gasteiger partial charge in [-0.25, -0.2) is 29.1 Å². The minimum atomic E-state index is -4.75. The number of hydrogen-bond acceptors (Lipinski definition) is 10. The van der Waals surface area contributed by atoms with Gasteiger partial charge in [0.2, 0.25) is 11.0 Å². The fourth-order valence-electron chi connectivity index (χ4n) is 4.56. The first-order valence-electron chi connectivity index (χ1n) is 15.2. The molecule has 0 atom stereocenters. The number of aliphatic imine (C=N–C) groups is 1. The van der Waals surface area contributed by atoms with E-state index in [-0.39, 0.29) is 24.5 Å². The molecule has 0 unspecified atom stereocenters. The molecule has 1 N–H and O–H groups in total. The van der Waals surface area contributed by atoms with Gasteiger partial charge in [-0.15, -0.1) is 36.5 Å². The topological polar surface area (TPSA) is 177 Å². The zero-order valence-corrected chi connectivity index (χ0v) is 27.2. The van der Waals surface area contributed by atoms with Crippen molar-refractivity contribution in [2.24, 2.45) is 10.1 Å². The molecule has 0 saturated carbocycles. The summed E-state index contributed by atoms with van der Waals surface area (Å²) in [7, 11) is 0. The van der Waals surface area contributed by atoms with Gasteiger partial charge in [0.15, 0.2) is 16.8 Å². The van der Waals surface area contributed by atoms with Gasteiger partial charge in [0.05, 0.1) is 24.3 Å². The molecule has 6 aromatic rings. The highest BCUT2D eigenvalue weighted by molar-refractivity contribution is 5.78. The lowest BCUT2D eigenvalue weighted by atomic mass is 10.1. The number of ether oxygens (including phenoxy) is 2. The number of halogens is 6. The highest BCUT2D eigenvalue weighted by atomic mass is 19.4. The molecule has 14 nitrogen and oxygen atoms in total. The molecule has 274 valence electrons. The van der Waals surface area contributed by atoms with E-state index in [4.69, 9.17) is 5.53 Å². The van der Waals surface area contributed by atoms with Gasteiger partial charge < -0.3 is 9.47 Å². The Morgan fingerprint density at radius 2 is 1.11 bits per heavy atom. The maximum atomic E-state index is 12.2. The second kappa shape index (κ2) is 16.8. The molecule has 0 saturated heterocycles. The van der Waals surface area contributed by atoms with Crippen LogP contribution < -0.4 is 14.4 Å². The second-order valence-corrected chi connectivity index (χ2v) is 10.7. The number of nitrogens with one attached hydrogen (secondary N) is 1. The van der Waals surface area contributed by atoms with E-state index in [1.165, 1.54) is 76.6 Å². The van der Waals surface area contributed by atoms with Crippen LogP contribution in [0.2, 0.25) is 0 Å². The molecule has 20 heteroatoms. The van der Waals surface area contributed by atoms with Crippen LogP contribution in [0.15, 0.2) is 120 Å². The molecule has 0 aliphatic rings. The third kappa shape index (κ3) is 11.1. The first-order valence-corrected chi connectivity index (χ1v) is 15.2.